The van der Waals surface area contributed by atoms with E-state index >= 15 is 0 Å². The average Bonchev–Trinajstić information content (AvgIpc) is 2.47. The second-order valence-electron chi connectivity index (χ2n) is 4.54. The fourth-order valence-corrected chi connectivity index (χ4v) is 3.05. The Bertz CT molecular complexity index is 720. The lowest BCUT2D eigenvalue weighted by molar-refractivity contribution is 0.281. The van der Waals surface area contributed by atoms with Crippen LogP contribution in [0.3, 0.4) is 0 Å². The van der Waals surface area contributed by atoms with E-state index in [1.54, 1.807) is 24.5 Å². The second-order valence-corrected chi connectivity index (χ2v) is 6.55. The molecule has 0 saturated carbocycles. The van der Waals surface area contributed by atoms with Crippen LogP contribution in [0.15, 0.2) is 47.6 Å². The van der Waals surface area contributed by atoms with Crippen LogP contribution >= 0.6 is 0 Å². The van der Waals surface area contributed by atoms with Crippen LogP contribution in [-0.2, 0) is 23.2 Å². The molecule has 0 radical (unpaired) electrons. The van der Waals surface area contributed by atoms with E-state index < -0.39 is 20.7 Å². The summed E-state index contributed by atoms with van der Waals surface area (Å²) in [5, 5.41) is 8.93. The van der Waals surface area contributed by atoms with Crippen LogP contribution < -0.4 is 0 Å². The van der Waals surface area contributed by atoms with Crippen molar-refractivity contribution >= 4 is 10.0 Å². The lowest BCUT2D eigenvalue weighted by atomic mass is 10.2. The van der Waals surface area contributed by atoms with Gasteiger partial charge in [-0.25, -0.2) is 12.8 Å². The number of benzene rings is 1. The molecule has 1 aromatic carbocycles. The molecule has 0 fully saturated rings. The van der Waals surface area contributed by atoms with Crippen molar-refractivity contribution in [3.63, 3.8) is 0 Å². The number of aliphatic hydroxyl groups is 1. The van der Waals surface area contributed by atoms with Gasteiger partial charge in [0, 0.05) is 26.0 Å². The molecule has 0 bridgehead atoms. The Labute approximate surface area is 122 Å². The number of hydrogen-bond donors (Lipinski definition) is 1. The zero-order chi connectivity index (χ0) is 15.5. The second kappa shape index (κ2) is 6.30. The maximum atomic E-state index is 13.9. The number of aliphatic hydroxyl groups excluding tert-OH is 1. The molecule has 0 aliphatic rings. The van der Waals surface area contributed by atoms with Crippen LogP contribution in [0, 0.1) is 5.82 Å². The molecule has 5 nitrogen and oxygen atoms in total. The summed E-state index contributed by atoms with van der Waals surface area (Å²) in [6, 6.07) is 6.96. The van der Waals surface area contributed by atoms with Gasteiger partial charge >= 0.3 is 0 Å². The van der Waals surface area contributed by atoms with E-state index in [2.05, 4.69) is 4.98 Å². The quantitative estimate of drug-likeness (QED) is 0.909. The standard InChI is InChI=1S/C14H15FN2O3S/c1-17(9-11-4-6-16-7-5-11)21(19,20)14-3-2-12(10-18)8-13(14)15/h2-8,18H,9-10H2,1H3. The van der Waals surface area contributed by atoms with Crippen molar-refractivity contribution in [1.82, 2.24) is 9.29 Å². The normalized spacial score (nSPS) is 11.8. The Balaban J connectivity index is 2.29. The van der Waals surface area contributed by atoms with E-state index in [1.807, 2.05) is 0 Å². The number of aromatic nitrogens is 1. The van der Waals surface area contributed by atoms with Crippen molar-refractivity contribution in [3.8, 4) is 0 Å². The van der Waals surface area contributed by atoms with Gasteiger partial charge in [-0.3, -0.25) is 4.98 Å². The summed E-state index contributed by atoms with van der Waals surface area (Å²) in [5.74, 6) is -0.872. The van der Waals surface area contributed by atoms with Crippen molar-refractivity contribution in [3.05, 3.63) is 59.7 Å². The predicted molar refractivity (Wildman–Crippen MR) is 75.2 cm³/mol. The highest BCUT2D eigenvalue weighted by molar-refractivity contribution is 7.89. The van der Waals surface area contributed by atoms with Crippen LogP contribution in [0.5, 0.6) is 0 Å². The first-order valence-corrected chi connectivity index (χ1v) is 7.63. The van der Waals surface area contributed by atoms with Gasteiger partial charge in [0.15, 0.2) is 0 Å². The maximum absolute atomic E-state index is 13.9. The fourth-order valence-electron chi connectivity index (χ4n) is 1.85. The summed E-state index contributed by atoms with van der Waals surface area (Å²) in [7, 11) is -2.55. The molecule has 1 N–H and O–H groups in total. The molecule has 2 rings (SSSR count). The van der Waals surface area contributed by atoms with Crippen molar-refractivity contribution in [2.45, 2.75) is 18.0 Å². The SMILES string of the molecule is CN(Cc1ccncc1)S(=O)(=O)c1ccc(CO)cc1F. The van der Waals surface area contributed by atoms with Gasteiger partial charge in [-0.15, -0.1) is 0 Å². The number of pyridine rings is 1. The van der Waals surface area contributed by atoms with Gasteiger partial charge in [-0.05, 0) is 35.4 Å². The summed E-state index contributed by atoms with van der Waals surface area (Å²) >= 11 is 0. The molecule has 112 valence electrons. The molecule has 0 saturated heterocycles. The van der Waals surface area contributed by atoms with Gasteiger partial charge < -0.3 is 5.11 Å². The largest absolute Gasteiger partial charge is 0.392 e. The van der Waals surface area contributed by atoms with Crippen LogP contribution in [0.25, 0.3) is 0 Å². The number of nitrogens with zero attached hydrogens (tertiary/aromatic N) is 2. The molecule has 0 amide bonds. The average molecular weight is 310 g/mol. The third-order valence-electron chi connectivity index (χ3n) is 3.02. The summed E-state index contributed by atoms with van der Waals surface area (Å²) in [5.41, 5.74) is 1.08. The van der Waals surface area contributed by atoms with Crippen molar-refractivity contribution in [2.24, 2.45) is 0 Å². The number of hydrogen-bond acceptors (Lipinski definition) is 4. The van der Waals surface area contributed by atoms with Crippen molar-refractivity contribution in [1.29, 1.82) is 0 Å². The minimum absolute atomic E-state index is 0.117. The molecule has 0 aliphatic carbocycles. The van der Waals surface area contributed by atoms with Crippen molar-refractivity contribution < 1.29 is 17.9 Å². The highest BCUT2D eigenvalue weighted by Gasteiger charge is 2.24. The minimum Gasteiger partial charge on any atom is -0.392 e. The maximum Gasteiger partial charge on any atom is 0.246 e. The monoisotopic (exact) mass is 310 g/mol. The van der Waals surface area contributed by atoms with Crippen LogP contribution in [0.4, 0.5) is 4.39 Å². The summed E-state index contributed by atoms with van der Waals surface area (Å²) in [6.07, 6.45) is 3.12. The smallest absolute Gasteiger partial charge is 0.246 e. The minimum atomic E-state index is -3.94. The highest BCUT2D eigenvalue weighted by atomic mass is 32.2. The van der Waals surface area contributed by atoms with E-state index in [-0.39, 0.29) is 13.2 Å². The molecular formula is C14H15FN2O3S. The van der Waals surface area contributed by atoms with Gasteiger partial charge in [0.1, 0.15) is 10.7 Å². The predicted octanol–water partition coefficient (Wildman–Crippen LogP) is 1.53. The van der Waals surface area contributed by atoms with Crippen LogP contribution in [0.1, 0.15) is 11.1 Å². The molecule has 0 atom stereocenters. The van der Waals surface area contributed by atoms with Gasteiger partial charge in [0.25, 0.3) is 0 Å². The van der Waals surface area contributed by atoms with Gasteiger partial charge in [-0.1, -0.05) is 6.07 Å². The van der Waals surface area contributed by atoms with Crippen LogP contribution in [-0.4, -0.2) is 29.9 Å². The fraction of sp³-hybridized carbons (Fsp3) is 0.214. The van der Waals surface area contributed by atoms with E-state index in [1.165, 1.54) is 19.2 Å². The topological polar surface area (TPSA) is 70.5 Å². The lowest BCUT2D eigenvalue weighted by Gasteiger charge is -2.17. The molecular weight excluding hydrogens is 295 g/mol. The Hall–Kier alpha value is -1.83. The van der Waals surface area contributed by atoms with E-state index in [0.717, 1.165) is 15.9 Å². The molecule has 1 heterocycles. The van der Waals surface area contributed by atoms with E-state index in [0.29, 0.717) is 5.56 Å². The first kappa shape index (κ1) is 15.6. The first-order valence-electron chi connectivity index (χ1n) is 6.19. The zero-order valence-electron chi connectivity index (χ0n) is 11.4. The molecule has 0 aliphatic heterocycles. The molecule has 1 aromatic heterocycles. The summed E-state index contributed by atoms with van der Waals surface area (Å²) in [4.78, 5) is 3.45. The highest BCUT2D eigenvalue weighted by Crippen LogP contribution is 2.21. The van der Waals surface area contributed by atoms with Crippen molar-refractivity contribution in [2.75, 3.05) is 7.05 Å². The Morgan fingerprint density at radius 3 is 2.43 bits per heavy atom. The van der Waals surface area contributed by atoms with Gasteiger partial charge in [-0.2, -0.15) is 4.31 Å². The molecule has 21 heavy (non-hydrogen) atoms. The van der Waals surface area contributed by atoms with E-state index in [4.69, 9.17) is 5.11 Å². The molecule has 0 spiro atoms. The van der Waals surface area contributed by atoms with E-state index in [9.17, 15) is 12.8 Å². The number of rotatable bonds is 5. The lowest BCUT2D eigenvalue weighted by Crippen LogP contribution is -2.27. The summed E-state index contributed by atoms with van der Waals surface area (Å²) < 4.78 is 39.7. The Morgan fingerprint density at radius 1 is 1.19 bits per heavy atom. The zero-order valence-corrected chi connectivity index (χ0v) is 12.2. The Kier molecular flexibility index (Phi) is 4.66. The molecule has 0 unspecified atom stereocenters. The molecule has 7 heteroatoms. The van der Waals surface area contributed by atoms with Crippen LogP contribution in [0.2, 0.25) is 0 Å². The van der Waals surface area contributed by atoms with Gasteiger partial charge in [0.05, 0.1) is 6.61 Å². The number of sulfonamides is 1. The third-order valence-corrected chi connectivity index (χ3v) is 4.86. The Morgan fingerprint density at radius 2 is 1.86 bits per heavy atom. The first-order chi connectivity index (χ1) is 9.95. The van der Waals surface area contributed by atoms with Gasteiger partial charge in [0.2, 0.25) is 10.0 Å². The third kappa shape index (κ3) is 3.44. The molecule has 2 aromatic rings. The summed E-state index contributed by atoms with van der Waals surface area (Å²) in [6.45, 7) is -0.226. The number of halogens is 1.